The number of rotatable bonds is 5. The molecule has 0 saturated carbocycles. The van der Waals surface area contributed by atoms with Crippen molar-refractivity contribution < 1.29 is 9.59 Å². The molecular weight excluding hydrogens is 244 g/mol. The van der Waals surface area contributed by atoms with E-state index < -0.39 is 11.9 Å². The molecule has 4 N–H and O–H groups in total. The van der Waals surface area contributed by atoms with Crippen LogP contribution >= 0.6 is 0 Å². The SMILES string of the molecule is CNc1cc(C(=O)NC(C(N)=O)C(C)C)cc(C)n1. The normalized spacial score (nSPS) is 12.1. The largest absolute Gasteiger partial charge is 0.373 e. The molecule has 1 atom stereocenters. The number of carbonyl (C=O) groups excluding carboxylic acids is 2. The highest BCUT2D eigenvalue weighted by Gasteiger charge is 2.22. The average molecular weight is 264 g/mol. The Bertz CT molecular complexity index is 486. The standard InChI is InChI=1S/C13H20N4O2/c1-7(2)11(12(14)18)17-13(19)9-5-8(3)16-10(6-9)15-4/h5-7,11H,1-4H3,(H2,14,18)(H,15,16)(H,17,19). The number of aryl methyl sites for hydroxylation is 1. The van der Waals surface area contributed by atoms with Crippen LogP contribution in [0.4, 0.5) is 5.82 Å². The molecule has 0 radical (unpaired) electrons. The van der Waals surface area contributed by atoms with Gasteiger partial charge in [-0.3, -0.25) is 9.59 Å². The molecule has 6 nitrogen and oxygen atoms in total. The number of nitrogens with two attached hydrogens (primary N) is 1. The second-order valence-corrected chi connectivity index (χ2v) is 4.73. The van der Waals surface area contributed by atoms with E-state index in [1.165, 1.54) is 0 Å². The quantitative estimate of drug-likeness (QED) is 0.728. The topological polar surface area (TPSA) is 97.1 Å². The molecule has 0 aromatic carbocycles. The summed E-state index contributed by atoms with van der Waals surface area (Å²) in [5.41, 5.74) is 6.44. The van der Waals surface area contributed by atoms with Gasteiger partial charge in [-0.15, -0.1) is 0 Å². The predicted octanol–water partition coefficient (Wildman–Crippen LogP) is 0.671. The summed E-state index contributed by atoms with van der Waals surface area (Å²) < 4.78 is 0. The first kappa shape index (κ1) is 14.9. The fourth-order valence-corrected chi connectivity index (χ4v) is 1.72. The van der Waals surface area contributed by atoms with Crippen LogP contribution in [0.5, 0.6) is 0 Å². The van der Waals surface area contributed by atoms with Crippen LogP contribution < -0.4 is 16.4 Å². The van der Waals surface area contributed by atoms with Crippen LogP contribution in [0.25, 0.3) is 0 Å². The molecule has 1 rings (SSSR count). The summed E-state index contributed by atoms with van der Waals surface area (Å²) in [4.78, 5) is 27.6. The van der Waals surface area contributed by atoms with Crippen LogP contribution in [0.15, 0.2) is 12.1 Å². The number of carbonyl (C=O) groups is 2. The van der Waals surface area contributed by atoms with E-state index in [9.17, 15) is 9.59 Å². The first-order valence-corrected chi connectivity index (χ1v) is 6.11. The molecule has 0 aliphatic heterocycles. The number of amides is 2. The van der Waals surface area contributed by atoms with Gasteiger partial charge in [0.05, 0.1) is 0 Å². The van der Waals surface area contributed by atoms with E-state index in [-0.39, 0.29) is 11.8 Å². The van der Waals surface area contributed by atoms with Gasteiger partial charge < -0.3 is 16.4 Å². The maximum absolute atomic E-state index is 12.1. The molecular formula is C13H20N4O2. The van der Waals surface area contributed by atoms with Gasteiger partial charge >= 0.3 is 0 Å². The second-order valence-electron chi connectivity index (χ2n) is 4.73. The minimum Gasteiger partial charge on any atom is -0.373 e. The number of aromatic nitrogens is 1. The van der Waals surface area contributed by atoms with Gasteiger partial charge in [0.2, 0.25) is 5.91 Å². The van der Waals surface area contributed by atoms with Gasteiger partial charge in [-0.2, -0.15) is 0 Å². The molecule has 0 aliphatic carbocycles. The fraction of sp³-hybridized carbons (Fsp3) is 0.462. The molecule has 1 aromatic rings. The molecule has 0 aliphatic rings. The monoisotopic (exact) mass is 264 g/mol. The van der Waals surface area contributed by atoms with E-state index in [0.29, 0.717) is 11.4 Å². The van der Waals surface area contributed by atoms with Crippen molar-refractivity contribution in [1.29, 1.82) is 0 Å². The summed E-state index contributed by atoms with van der Waals surface area (Å²) in [5.74, 6) is -0.332. The lowest BCUT2D eigenvalue weighted by atomic mass is 10.0. The molecule has 0 fully saturated rings. The van der Waals surface area contributed by atoms with E-state index in [1.54, 1.807) is 26.1 Å². The number of hydrogen-bond donors (Lipinski definition) is 3. The zero-order valence-corrected chi connectivity index (χ0v) is 11.7. The fourth-order valence-electron chi connectivity index (χ4n) is 1.72. The van der Waals surface area contributed by atoms with Gasteiger partial charge in [-0.05, 0) is 25.0 Å². The third kappa shape index (κ3) is 3.94. The van der Waals surface area contributed by atoms with E-state index in [2.05, 4.69) is 15.6 Å². The van der Waals surface area contributed by atoms with Crippen LogP contribution in [0.2, 0.25) is 0 Å². The first-order chi connectivity index (χ1) is 8.85. The third-order valence-electron chi connectivity index (χ3n) is 2.73. The first-order valence-electron chi connectivity index (χ1n) is 6.11. The molecule has 0 bridgehead atoms. The Kier molecular flexibility index (Phi) is 4.86. The summed E-state index contributed by atoms with van der Waals surface area (Å²) in [5, 5.41) is 5.52. The number of primary amides is 1. The van der Waals surface area contributed by atoms with Crippen molar-refractivity contribution in [1.82, 2.24) is 10.3 Å². The number of hydrogen-bond acceptors (Lipinski definition) is 4. The van der Waals surface area contributed by atoms with Crippen molar-refractivity contribution in [3.05, 3.63) is 23.4 Å². The van der Waals surface area contributed by atoms with E-state index in [4.69, 9.17) is 5.73 Å². The second kappa shape index (κ2) is 6.17. The maximum Gasteiger partial charge on any atom is 0.252 e. The van der Waals surface area contributed by atoms with Crippen LogP contribution in [0.1, 0.15) is 29.9 Å². The van der Waals surface area contributed by atoms with E-state index in [0.717, 1.165) is 5.69 Å². The predicted molar refractivity (Wildman–Crippen MR) is 73.8 cm³/mol. The minimum atomic E-state index is -0.681. The van der Waals surface area contributed by atoms with E-state index in [1.807, 2.05) is 13.8 Å². The van der Waals surface area contributed by atoms with Gasteiger partial charge in [0.15, 0.2) is 0 Å². The van der Waals surface area contributed by atoms with Gasteiger partial charge in [0.1, 0.15) is 11.9 Å². The lowest BCUT2D eigenvalue weighted by molar-refractivity contribution is -0.120. The van der Waals surface area contributed by atoms with Crippen LogP contribution in [-0.4, -0.2) is 29.9 Å². The Morgan fingerprint density at radius 1 is 1.32 bits per heavy atom. The molecule has 0 spiro atoms. The summed E-state index contributed by atoms with van der Waals surface area (Å²) in [6.45, 7) is 5.45. The van der Waals surface area contributed by atoms with Crippen molar-refractivity contribution in [2.75, 3.05) is 12.4 Å². The molecule has 1 unspecified atom stereocenters. The van der Waals surface area contributed by atoms with Crippen LogP contribution in [0, 0.1) is 12.8 Å². The Balaban J connectivity index is 2.94. The number of nitrogens with one attached hydrogen (secondary N) is 2. The van der Waals surface area contributed by atoms with Crippen molar-refractivity contribution in [2.45, 2.75) is 26.8 Å². The van der Waals surface area contributed by atoms with Crippen LogP contribution in [-0.2, 0) is 4.79 Å². The van der Waals surface area contributed by atoms with Gasteiger partial charge in [0, 0.05) is 18.3 Å². The smallest absolute Gasteiger partial charge is 0.252 e. The lowest BCUT2D eigenvalue weighted by Crippen LogP contribution is -2.47. The van der Waals surface area contributed by atoms with Gasteiger partial charge in [-0.25, -0.2) is 4.98 Å². The molecule has 19 heavy (non-hydrogen) atoms. The average Bonchev–Trinajstić information content (AvgIpc) is 2.33. The minimum absolute atomic E-state index is 0.0619. The van der Waals surface area contributed by atoms with Gasteiger partial charge in [-0.1, -0.05) is 13.8 Å². The maximum atomic E-state index is 12.1. The number of pyridine rings is 1. The molecule has 6 heteroatoms. The summed E-state index contributed by atoms with van der Waals surface area (Å²) >= 11 is 0. The number of anilines is 1. The Morgan fingerprint density at radius 3 is 2.42 bits per heavy atom. The van der Waals surface area contributed by atoms with Gasteiger partial charge in [0.25, 0.3) is 5.91 Å². The molecule has 0 saturated heterocycles. The zero-order chi connectivity index (χ0) is 14.6. The highest BCUT2D eigenvalue weighted by Crippen LogP contribution is 2.10. The molecule has 104 valence electrons. The Morgan fingerprint density at radius 2 is 1.95 bits per heavy atom. The molecule has 1 heterocycles. The van der Waals surface area contributed by atoms with Crippen molar-refractivity contribution in [2.24, 2.45) is 11.7 Å². The van der Waals surface area contributed by atoms with Crippen molar-refractivity contribution >= 4 is 17.6 Å². The van der Waals surface area contributed by atoms with Crippen molar-refractivity contribution in [3.63, 3.8) is 0 Å². The Hall–Kier alpha value is -2.11. The highest BCUT2D eigenvalue weighted by molar-refractivity contribution is 5.98. The number of nitrogens with zero attached hydrogens (tertiary/aromatic N) is 1. The third-order valence-corrected chi connectivity index (χ3v) is 2.73. The lowest BCUT2D eigenvalue weighted by Gasteiger charge is -2.19. The summed E-state index contributed by atoms with van der Waals surface area (Å²) in [6, 6.07) is 2.61. The van der Waals surface area contributed by atoms with Crippen LogP contribution in [0.3, 0.4) is 0 Å². The molecule has 1 aromatic heterocycles. The molecule has 2 amide bonds. The Labute approximate surface area is 112 Å². The van der Waals surface area contributed by atoms with E-state index >= 15 is 0 Å². The highest BCUT2D eigenvalue weighted by atomic mass is 16.2. The summed E-state index contributed by atoms with van der Waals surface area (Å²) in [7, 11) is 1.73. The van der Waals surface area contributed by atoms with Crippen molar-refractivity contribution in [3.8, 4) is 0 Å². The zero-order valence-electron chi connectivity index (χ0n) is 11.7. The summed E-state index contributed by atoms with van der Waals surface area (Å²) in [6.07, 6.45) is 0.